The Hall–Kier alpha value is -4.67. The summed E-state index contributed by atoms with van der Waals surface area (Å²) in [6.07, 6.45) is -6.38. The van der Waals surface area contributed by atoms with Crippen LogP contribution in [-0.2, 0) is 36.9 Å². The fourth-order valence-electron chi connectivity index (χ4n) is 7.51. The molecule has 2 aromatic carbocycles. The molecule has 1 saturated carbocycles. The van der Waals surface area contributed by atoms with Crippen molar-refractivity contribution in [3.05, 3.63) is 70.2 Å². The molecule has 3 aliphatic rings. The number of carbonyl (C=O) groups is 5. The van der Waals surface area contributed by atoms with Crippen molar-refractivity contribution in [1.29, 1.82) is 0 Å². The van der Waals surface area contributed by atoms with Crippen molar-refractivity contribution in [2.75, 3.05) is 45.8 Å². The summed E-state index contributed by atoms with van der Waals surface area (Å²) in [4.78, 5) is 61.3. The Bertz CT molecular complexity index is 1760. The molecule has 2 heterocycles. The van der Waals surface area contributed by atoms with Gasteiger partial charge in [-0.05, 0) is 54.3 Å². The fourth-order valence-corrected chi connectivity index (χ4v) is 7.64. The molecule has 5 rings (SSSR count). The van der Waals surface area contributed by atoms with Crippen LogP contribution in [0.4, 0.5) is 39.5 Å². The van der Waals surface area contributed by atoms with Crippen molar-refractivity contribution in [2.24, 2.45) is 5.92 Å². The van der Waals surface area contributed by atoms with Gasteiger partial charge in [-0.1, -0.05) is 94.0 Å². The van der Waals surface area contributed by atoms with Crippen LogP contribution in [0.1, 0.15) is 81.5 Å². The summed E-state index contributed by atoms with van der Waals surface area (Å²) >= 11 is 6.14. The molecule has 5 N–H and O–H groups in total. The second-order valence-corrected chi connectivity index (χ2v) is 15.9. The highest BCUT2D eigenvalue weighted by atomic mass is 35.5. The average Bonchev–Trinajstić information content (AvgIpc) is 3.65. The van der Waals surface area contributed by atoms with Crippen molar-refractivity contribution in [3.63, 3.8) is 0 Å². The topological polar surface area (TPSA) is 180 Å². The van der Waals surface area contributed by atoms with Gasteiger partial charge >= 0.3 is 36.4 Å². The minimum atomic E-state index is -5.08. The van der Waals surface area contributed by atoms with Gasteiger partial charge < -0.3 is 35.8 Å². The number of benzene rings is 2. The number of alkyl halides is 9. The third kappa shape index (κ3) is 20.6. The molecule has 2 aromatic rings. The molecule has 0 aromatic heterocycles. The number of hydrogen-bond donors (Lipinski definition) is 5. The molecule has 65 heavy (non-hydrogen) atoms. The number of carboxylic acids is 3. The quantitative estimate of drug-likeness (QED) is 0.127. The molecule has 13 nitrogen and oxygen atoms in total. The molecule has 0 bridgehead atoms. The van der Waals surface area contributed by atoms with Gasteiger partial charge in [-0.3, -0.25) is 14.5 Å². The van der Waals surface area contributed by atoms with E-state index in [0.29, 0.717) is 37.0 Å². The summed E-state index contributed by atoms with van der Waals surface area (Å²) in [6, 6.07) is 15.7. The highest BCUT2D eigenvalue weighted by molar-refractivity contribution is 6.30. The van der Waals surface area contributed by atoms with Crippen LogP contribution >= 0.6 is 11.6 Å². The molecular formula is C42H55ClF9N5O8. The van der Waals surface area contributed by atoms with E-state index in [1.165, 1.54) is 49.7 Å². The maximum absolute atomic E-state index is 14.0. The summed E-state index contributed by atoms with van der Waals surface area (Å²) in [5.41, 5.74) is 3.40. The van der Waals surface area contributed by atoms with Crippen molar-refractivity contribution in [1.82, 2.24) is 25.3 Å². The number of rotatable bonds is 13. The van der Waals surface area contributed by atoms with E-state index < -0.39 is 42.5 Å². The lowest BCUT2D eigenvalue weighted by atomic mass is 9.84. The third-order valence-electron chi connectivity index (χ3n) is 10.9. The van der Waals surface area contributed by atoms with E-state index in [-0.39, 0.29) is 17.9 Å². The van der Waals surface area contributed by atoms with Crippen LogP contribution in [0, 0.1) is 5.92 Å². The maximum Gasteiger partial charge on any atom is 0.490 e. The summed E-state index contributed by atoms with van der Waals surface area (Å²) in [7, 11) is 0. The van der Waals surface area contributed by atoms with Crippen LogP contribution in [0.25, 0.3) is 0 Å². The Morgan fingerprint density at radius 1 is 0.769 bits per heavy atom. The largest absolute Gasteiger partial charge is 0.490 e. The van der Waals surface area contributed by atoms with Crippen LogP contribution in [0.5, 0.6) is 0 Å². The van der Waals surface area contributed by atoms with Gasteiger partial charge in [0.1, 0.15) is 6.04 Å². The number of amides is 2. The molecule has 0 spiro atoms. The first-order valence-corrected chi connectivity index (χ1v) is 21.1. The van der Waals surface area contributed by atoms with Crippen LogP contribution in [0.15, 0.2) is 48.5 Å². The Morgan fingerprint density at radius 2 is 1.26 bits per heavy atom. The molecule has 3 unspecified atom stereocenters. The summed E-state index contributed by atoms with van der Waals surface area (Å²) < 4.78 is 95.2. The fraction of sp³-hybridized carbons (Fsp3) is 0.595. The zero-order valence-electron chi connectivity index (χ0n) is 35.7. The third-order valence-corrected chi connectivity index (χ3v) is 11.2. The lowest BCUT2D eigenvalue weighted by Gasteiger charge is -2.43. The lowest BCUT2D eigenvalue weighted by molar-refractivity contribution is -0.193. The number of carboxylic acid groups (broad SMARTS) is 3. The normalized spacial score (nSPS) is 17.7. The number of hydrogen-bond acceptors (Lipinski definition) is 8. The van der Waals surface area contributed by atoms with E-state index in [9.17, 15) is 49.1 Å². The molecule has 3 atom stereocenters. The molecular weight excluding hydrogens is 909 g/mol. The van der Waals surface area contributed by atoms with Crippen LogP contribution in [-0.4, -0.2) is 136 Å². The zero-order chi connectivity index (χ0) is 49.1. The van der Waals surface area contributed by atoms with Gasteiger partial charge in [-0.25, -0.2) is 14.4 Å². The van der Waals surface area contributed by atoms with E-state index in [1.807, 2.05) is 41.3 Å². The number of halogens is 10. The SMILES string of the molecule is CCN(CC)CC(CC1CCCCC1)N1CCN(C(=O)C(Cc2ccc(Cl)cc2)NC(=O)CC2NCc3ccccc32)CC1.O=C(O)C(F)(F)F.O=C(O)C(F)(F)F.O=C(O)C(F)(F)F. The maximum atomic E-state index is 14.0. The Morgan fingerprint density at radius 3 is 1.74 bits per heavy atom. The summed E-state index contributed by atoms with van der Waals surface area (Å²) in [5.74, 6) is -7.53. The van der Waals surface area contributed by atoms with Crippen molar-refractivity contribution in [3.8, 4) is 0 Å². The van der Waals surface area contributed by atoms with E-state index >= 15 is 0 Å². The monoisotopic (exact) mass is 963 g/mol. The summed E-state index contributed by atoms with van der Waals surface area (Å²) in [6.45, 7) is 11.7. The molecule has 23 heteroatoms. The first-order valence-electron chi connectivity index (χ1n) is 20.8. The molecule has 2 aliphatic heterocycles. The van der Waals surface area contributed by atoms with Gasteiger partial charge in [0.15, 0.2) is 0 Å². The minimum Gasteiger partial charge on any atom is -0.475 e. The predicted molar refractivity (Wildman–Crippen MR) is 220 cm³/mol. The predicted octanol–water partition coefficient (Wildman–Crippen LogP) is 7.33. The highest BCUT2D eigenvalue weighted by Crippen LogP contribution is 2.30. The molecule has 0 radical (unpaired) electrons. The van der Waals surface area contributed by atoms with Gasteiger partial charge in [-0.2, -0.15) is 39.5 Å². The number of piperazine rings is 1. The van der Waals surface area contributed by atoms with Gasteiger partial charge in [0, 0.05) is 69.2 Å². The smallest absolute Gasteiger partial charge is 0.475 e. The number of aliphatic carboxylic acids is 3. The van der Waals surface area contributed by atoms with E-state index in [0.717, 1.165) is 50.7 Å². The Kier molecular flexibility index (Phi) is 23.0. The molecule has 366 valence electrons. The molecule has 1 aliphatic carbocycles. The standard InChI is InChI=1S/C36H52ClN5O2.3C2HF3O2/c1-3-40(4-2)26-31(22-27-10-6-5-7-11-27)41-18-20-42(21-19-41)36(44)34(23-28-14-16-30(37)17-15-28)39-35(43)24-33-32-13-9-8-12-29(32)25-38-33;3*3-2(4,5)1(6)7/h8-9,12-17,27,31,33-34,38H,3-7,10-11,18-26H2,1-2H3,(H,39,43);3*(H,6,7). The van der Waals surface area contributed by atoms with Crippen LogP contribution in [0.2, 0.25) is 5.02 Å². The highest BCUT2D eigenvalue weighted by Gasteiger charge is 2.40. The Balaban J connectivity index is 0.000000571. The van der Waals surface area contributed by atoms with Crippen LogP contribution < -0.4 is 10.6 Å². The van der Waals surface area contributed by atoms with Gasteiger partial charge in [-0.15, -0.1) is 0 Å². The number of nitrogens with zero attached hydrogens (tertiary/aromatic N) is 3. The van der Waals surface area contributed by atoms with E-state index in [4.69, 9.17) is 41.3 Å². The van der Waals surface area contributed by atoms with Crippen molar-refractivity contribution in [2.45, 2.75) is 108 Å². The lowest BCUT2D eigenvalue weighted by Crippen LogP contribution is -2.58. The number of nitrogens with one attached hydrogen (secondary N) is 2. The van der Waals surface area contributed by atoms with Crippen molar-refractivity contribution < 1.29 is 78.8 Å². The van der Waals surface area contributed by atoms with Crippen LogP contribution in [0.3, 0.4) is 0 Å². The van der Waals surface area contributed by atoms with Gasteiger partial charge in [0.2, 0.25) is 11.8 Å². The van der Waals surface area contributed by atoms with E-state index in [1.54, 1.807) is 0 Å². The second-order valence-electron chi connectivity index (χ2n) is 15.4. The molecule has 2 amide bonds. The average molecular weight is 964 g/mol. The number of likely N-dealkylation sites (N-methyl/N-ethyl adjacent to an activating group) is 1. The molecule has 2 fully saturated rings. The second kappa shape index (κ2) is 26.5. The Labute approximate surface area is 375 Å². The number of carbonyl (C=O) groups excluding carboxylic acids is 2. The minimum absolute atomic E-state index is 0.0142. The first kappa shape index (κ1) is 56.5. The number of fused-ring (bicyclic) bond motifs is 1. The van der Waals surface area contributed by atoms with Gasteiger partial charge in [0.25, 0.3) is 0 Å². The van der Waals surface area contributed by atoms with Crippen molar-refractivity contribution >= 4 is 41.3 Å². The van der Waals surface area contributed by atoms with E-state index in [2.05, 4.69) is 46.4 Å². The van der Waals surface area contributed by atoms with Gasteiger partial charge in [0.05, 0.1) is 0 Å². The first-order chi connectivity index (χ1) is 30.3. The summed E-state index contributed by atoms with van der Waals surface area (Å²) in [5, 5.41) is 28.6. The zero-order valence-corrected chi connectivity index (χ0v) is 36.5. The molecule has 1 saturated heterocycles.